The average molecular weight is 273 g/mol. The second kappa shape index (κ2) is 4.69. The van der Waals surface area contributed by atoms with Gasteiger partial charge in [0.05, 0.1) is 6.20 Å². The quantitative estimate of drug-likeness (QED) is 0.793. The van der Waals surface area contributed by atoms with Crippen LogP contribution >= 0.6 is 11.3 Å². The van der Waals surface area contributed by atoms with Crippen LogP contribution in [0.3, 0.4) is 0 Å². The second-order valence-corrected chi connectivity index (χ2v) is 4.78. The topological polar surface area (TPSA) is 64.7 Å². The fourth-order valence-electron chi connectivity index (χ4n) is 1.82. The van der Waals surface area contributed by atoms with Crippen LogP contribution in [0.4, 0.5) is 5.13 Å². The molecule has 3 heterocycles. The van der Waals surface area contributed by atoms with Crippen LogP contribution in [-0.2, 0) is 7.05 Å². The van der Waals surface area contributed by atoms with Gasteiger partial charge in [0.1, 0.15) is 11.4 Å². The summed E-state index contributed by atoms with van der Waals surface area (Å²) in [6, 6.07) is 3.80. The van der Waals surface area contributed by atoms with Gasteiger partial charge in [-0.2, -0.15) is 5.10 Å². The Kier molecular flexibility index (Phi) is 2.88. The summed E-state index contributed by atoms with van der Waals surface area (Å²) < 4.78 is 3.51. The number of aryl methyl sites for hydroxylation is 1. The number of carbonyl (C=O) groups is 1. The Morgan fingerprint density at radius 2 is 2.16 bits per heavy atom. The molecule has 19 heavy (non-hydrogen) atoms. The van der Waals surface area contributed by atoms with Gasteiger partial charge >= 0.3 is 0 Å². The van der Waals surface area contributed by atoms with Gasteiger partial charge in [-0.25, -0.2) is 4.98 Å². The highest BCUT2D eigenvalue weighted by molar-refractivity contribution is 7.13. The summed E-state index contributed by atoms with van der Waals surface area (Å²) in [6.45, 7) is 0. The summed E-state index contributed by atoms with van der Waals surface area (Å²) in [5, 5.41) is 9.28. The van der Waals surface area contributed by atoms with Crippen molar-refractivity contribution in [2.45, 2.75) is 0 Å². The van der Waals surface area contributed by atoms with Crippen LogP contribution < -0.4 is 5.32 Å². The highest BCUT2D eigenvalue weighted by Crippen LogP contribution is 2.17. The number of hydrogen-bond donors (Lipinski definition) is 1. The van der Waals surface area contributed by atoms with Crippen LogP contribution in [0.5, 0.6) is 0 Å². The van der Waals surface area contributed by atoms with Crippen molar-refractivity contribution in [3.8, 4) is 5.82 Å². The van der Waals surface area contributed by atoms with E-state index < -0.39 is 0 Å². The molecule has 0 unspecified atom stereocenters. The minimum atomic E-state index is -0.216. The Bertz CT molecular complexity index is 684. The molecule has 0 aliphatic rings. The Balaban J connectivity index is 1.95. The van der Waals surface area contributed by atoms with Gasteiger partial charge in [0.15, 0.2) is 5.13 Å². The molecule has 0 aliphatic carbocycles. The van der Waals surface area contributed by atoms with E-state index in [0.29, 0.717) is 10.7 Å². The molecule has 0 aliphatic heterocycles. The predicted molar refractivity (Wildman–Crippen MR) is 72.6 cm³/mol. The molecule has 1 N–H and O–H groups in total. The Morgan fingerprint density at radius 1 is 1.37 bits per heavy atom. The van der Waals surface area contributed by atoms with Crippen LogP contribution in [0.1, 0.15) is 10.4 Å². The maximum atomic E-state index is 12.2. The maximum Gasteiger partial charge on any atom is 0.262 e. The lowest BCUT2D eigenvalue weighted by Crippen LogP contribution is -2.14. The summed E-state index contributed by atoms with van der Waals surface area (Å²) in [4.78, 5) is 16.3. The number of thiazole rings is 1. The molecule has 0 atom stereocenters. The van der Waals surface area contributed by atoms with Crippen molar-refractivity contribution in [3.63, 3.8) is 0 Å². The third kappa shape index (κ3) is 2.15. The van der Waals surface area contributed by atoms with Crippen LogP contribution in [0.15, 0.2) is 42.3 Å². The van der Waals surface area contributed by atoms with Crippen molar-refractivity contribution in [3.05, 3.63) is 47.9 Å². The van der Waals surface area contributed by atoms with Crippen molar-refractivity contribution in [1.29, 1.82) is 0 Å². The number of nitrogens with zero attached hydrogens (tertiary/aromatic N) is 4. The Morgan fingerprint density at radius 3 is 2.84 bits per heavy atom. The number of aromatic nitrogens is 4. The van der Waals surface area contributed by atoms with E-state index >= 15 is 0 Å². The van der Waals surface area contributed by atoms with Gasteiger partial charge in [-0.05, 0) is 12.1 Å². The predicted octanol–water partition coefficient (Wildman–Crippen LogP) is 1.92. The fraction of sp³-hybridized carbons (Fsp3) is 0.0833. The van der Waals surface area contributed by atoms with Gasteiger partial charge < -0.3 is 4.57 Å². The fourth-order valence-corrected chi connectivity index (χ4v) is 2.35. The minimum absolute atomic E-state index is 0.216. The van der Waals surface area contributed by atoms with Gasteiger partial charge in [-0.3, -0.25) is 14.8 Å². The zero-order valence-corrected chi connectivity index (χ0v) is 11.0. The first-order valence-electron chi connectivity index (χ1n) is 5.62. The first-order chi connectivity index (χ1) is 9.25. The number of rotatable bonds is 3. The molecule has 0 aromatic carbocycles. The normalized spacial score (nSPS) is 10.6. The third-order valence-corrected chi connectivity index (χ3v) is 3.34. The average Bonchev–Trinajstić information content (AvgIpc) is 3.08. The number of anilines is 1. The van der Waals surface area contributed by atoms with Gasteiger partial charge in [-0.1, -0.05) is 0 Å². The smallest absolute Gasteiger partial charge is 0.262 e. The van der Waals surface area contributed by atoms with Gasteiger partial charge in [0.2, 0.25) is 0 Å². The number of carbonyl (C=O) groups excluding carboxylic acids is 1. The first kappa shape index (κ1) is 11.7. The molecule has 0 spiro atoms. The number of nitrogens with one attached hydrogen (secondary N) is 1. The molecule has 0 saturated carbocycles. The van der Waals surface area contributed by atoms with Gasteiger partial charge in [0.25, 0.3) is 5.91 Å². The molecule has 0 radical (unpaired) electrons. The maximum absolute atomic E-state index is 12.2. The molecule has 7 heteroatoms. The molecule has 0 fully saturated rings. The summed E-state index contributed by atoms with van der Waals surface area (Å²) >= 11 is 1.38. The van der Waals surface area contributed by atoms with Gasteiger partial charge in [-0.15, -0.1) is 11.3 Å². The van der Waals surface area contributed by atoms with Crippen molar-refractivity contribution < 1.29 is 4.79 Å². The number of hydrogen-bond acceptors (Lipinski definition) is 4. The van der Waals surface area contributed by atoms with E-state index in [1.165, 1.54) is 11.3 Å². The molecule has 1 amide bonds. The molecule has 0 saturated heterocycles. The standard InChI is InChI=1S/C12H11N5OS/c1-16-11(17-5-2-3-6-17)9(8-14-16)10(18)15-12-13-4-7-19-12/h2-8H,1H3,(H,13,15,18). The lowest BCUT2D eigenvalue weighted by Gasteiger charge is -2.06. The summed E-state index contributed by atoms with van der Waals surface area (Å²) in [5.74, 6) is 0.505. The van der Waals surface area contributed by atoms with Crippen LogP contribution in [-0.4, -0.2) is 25.2 Å². The largest absolute Gasteiger partial charge is 0.308 e. The van der Waals surface area contributed by atoms with Crippen molar-refractivity contribution >= 4 is 22.4 Å². The summed E-state index contributed by atoms with van der Waals surface area (Å²) in [6.07, 6.45) is 6.95. The van der Waals surface area contributed by atoms with E-state index in [4.69, 9.17) is 0 Å². The summed E-state index contributed by atoms with van der Waals surface area (Å²) in [5.41, 5.74) is 0.508. The highest BCUT2D eigenvalue weighted by Gasteiger charge is 2.17. The Labute approximate surface area is 113 Å². The van der Waals surface area contributed by atoms with Crippen molar-refractivity contribution in [1.82, 2.24) is 19.3 Å². The molecule has 3 aromatic rings. The van der Waals surface area contributed by atoms with E-state index in [0.717, 1.165) is 5.82 Å². The Hall–Kier alpha value is -2.41. The molecule has 6 nitrogen and oxygen atoms in total. The van der Waals surface area contributed by atoms with Crippen LogP contribution in [0, 0.1) is 0 Å². The molecular formula is C12H11N5OS. The van der Waals surface area contributed by atoms with E-state index in [1.54, 1.807) is 24.1 Å². The van der Waals surface area contributed by atoms with Crippen LogP contribution in [0.2, 0.25) is 0 Å². The van der Waals surface area contributed by atoms with Crippen molar-refractivity contribution in [2.75, 3.05) is 5.32 Å². The SMILES string of the molecule is Cn1ncc(C(=O)Nc2nccs2)c1-n1cccc1. The zero-order chi connectivity index (χ0) is 13.2. The summed E-state index contributed by atoms with van der Waals surface area (Å²) in [7, 11) is 1.80. The second-order valence-electron chi connectivity index (χ2n) is 3.89. The molecule has 3 aromatic heterocycles. The molecule has 3 rings (SSSR count). The highest BCUT2D eigenvalue weighted by atomic mass is 32.1. The van der Waals surface area contributed by atoms with Gasteiger partial charge in [0, 0.05) is 31.0 Å². The van der Waals surface area contributed by atoms with Crippen LogP contribution in [0.25, 0.3) is 5.82 Å². The minimum Gasteiger partial charge on any atom is -0.308 e. The molecular weight excluding hydrogens is 262 g/mol. The monoisotopic (exact) mass is 273 g/mol. The lowest BCUT2D eigenvalue weighted by molar-refractivity contribution is 0.102. The van der Waals surface area contributed by atoms with Crippen molar-refractivity contribution in [2.24, 2.45) is 7.05 Å². The van der Waals surface area contributed by atoms with E-state index in [1.807, 2.05) is 34.5 Å². The third-order valence-electron chi connectivity index (χ3n) is 2.65. The number of amides is 1. The first-order valence-corrected chi connectivity index (χ1v) is 6.50. The lowest BCUT2D eigenvalue weighted by atomic mass is 10.3. The van der Waals surface area contributed by atoms with E-state index in [9.17, 15) is 4.79 Å². The molecule has 0 bridgehead atoms. The van der Waals surface area contributed by atoms with E-state index in [2.05, 4.69) is 15.4 Å². The zero-order valence-electron chi connectivity index (χ0n) is 10.1. The van der Waals surface area contributed by atoms with E-state index in [-0.39, 0.29) is 5.91 Å². The molecule has 96 valence electrons.